The highest BCUT2D eigenvalue weighted by atomic mass is 79.9. The lowest BCUT2D eigenvalue weighted by atomic mass is 10.0. The Bertz CT molecular complexity index is 195. The summed E-state index contributed by atoms with van der Waals surface area (Å²) in [6.07, 6.45) is 1.88. The van der Waals surface area contributed by atoms with Crippen molar-refractivity contribution in [1.29, 1.82) is 0 Å². The minimum absolute atomic E-state index is 0.0445. The molecule has 3 atom stereocenters. The Hall–Kier alpha value is -0.0900. The molecule has 0 saturated carbocycles. The molecule has 0 radical (unpaired) electrons. The summed E-state index contributed by atoms with van der Waals surface area (Å²) in [7, 11) is 0. The van der Waals surface area contributed by atoms with Crippen LogP contribution in [0.25, 0.3) is 0 Å². The van der Waals surface area contributed by atoms with E-state index < -0.39 is 0 Å². The molecule has 14 heavy (non-hydrogen) atoms. The van der Waals surface area contributed by atoms with Crippen molar-refractivity contribution in [2.24, 2.45) is 5.92 Å². The molecule has 0 aromatic rings. The van der Waals surface area contributed by atoms with Crippen molar-refractivity contribution >= 4 is 21.8 Å². The van der Waals surface area contributed by atoms with Crippen LogP contribution in [0.2, 0.25) is 0 Å². The van der Waals surface area contributed by atoms with Gasteiger partial charge in [0, 0.05) is 18.0 Å². The molecule has 0 bridgehead atoms. The van der Waals surface area contributed by atoms with Crippen LogP contribution in [0.4, 0.5) is 0 Å². The van der Waals surface area contributed by atoms with E-state index >= 15 is 0 Å². The summed E-state index contributed by atoms with van der Waals surface area (Å²) in [6, 6.07) is 0.246. The van der Waals surface area contributed by atoms with Gasteiger partial charge in [0.05, 0.1) is 12.0 Å². The SMILES string of the molecule is CCC(CBr)NC(=O)C1CCOC1C. The highest BCUT2D eigenvalue weighted by molar-refractivity contribution is 9.09. The van der Waals surface area contributed by atoms with Gasteiger partial charge in [0.1, 0.15) is 0 Å². The Morgan fingerprint density at radius 2 is 2.43 bits per heavy atom. The molecule has 1 aliphatic rings. The molecule has 1 saturated heterocycles. The molecule has 0 aromatic carbocycles. The monoisotopic (exact) mass is 263 g/mol. The maximum absolute atomic E-state index is 11.8. The molecule has 3 unspecified atom stereocenters. The van der Waals surface area contributed by atoms with Crippen LogP contribution in [0.15, 0.2) is 0 Å². The number of hydrogen-bond acceptors (Lipinski definition) is 2. The van der Waals surface area contributed by atoms with E-state index in [2.05, 4.69) is 28.2 Å². The summed E-state index contributed by atoms with van der Waals surface area (Å²) in [4.78, 5) is 11.8. The molecule has 0 aromatic heterocycles. The number of rotatable bonds is 4. The Kier molecular flexibility index (Phi) is 4.89. The lowest BCUT2D eigenvalue weighted by molar-refractivity contribution is -0.126. The van der Waals surface area contributed by atoms with Gasteiger partial charge in [-0.3, -0.25) is 4.79 Å². The highest BCUT2D eigenvalue weighted by Gasteiger charge is 2.31. The first kappa shape index (κ1) is 12.0. The Labute approximate surface area is 93.7 Å². The van der Waals surface area contributed by atoms with E-state index in [1.165, 1.54) is 0 Å². The van der Waals surface area contributed by atoms with E-state index in [-0.39, 0.29) is 24.0 Å². The van der Waals surface area contributed by atoms with E-state index in [1.807, 2.05) is 6.92 Å². The normalized spacial score (nSPS) is 28.8. The lowest BCUT2D eigenvalue weighted by Gasteiger charge is -2.19. The molecule has 1 heterocycles. The summed E-state index contributed by atoms with van der Waals surface area (Å²) in [5, 5.41) is 3.84. The second kappa shape index (κ2) is 5.71. The van der Waals surface area contributed by atoms with Crippen LogP contribution in [0, 0.1) is 5.92 Å². The van der Waals surface area contributed by atoms with Crippen LogP contribution in [0.5, 0.6) is 0 Å². The fourth-order valence-corrected chi connectivity index (χ4v) is 2.25. The summed E-state index contributed by atoms with van der Waals surface area (Å²) in [6.45, 7) is 4.75. The van der Waals surface area contributed by atoms with Crippen molar-refractivity contribution in [3.63, 3.8) is 0 Å². The lowest BCUT2D eigenvalue weighted by Crippen LogP contribution is -2.41. The van der Waals surface area contributed by atoms with Crippen molar-refractivity contribution in [1.82, 2.24) is 5.32 Å². The number of ether oxygens (including phenoxy) is 1. The third kappa shape index (κ3) is 2.95. The van der Waals surface area contributed by atoms with Gasteiger partial charge in [-0.2, -0.15) is 0 Å². The van der Waals surface area contributed by atoms with E-state index in [4.69, 9.17) is 4.74 Å². The van der Waals surface area contributed by atoms with Gasteiger partial charge in [-0.15, -0.1) is 0 Å². The van der Waals surface area contributed by atoms with Crippen LogP contribution in [0.1, 0.15) is 26.7 Å². The van der Waals surface area contributed by atoms with Crippen molar-refractivity contribution < 1.29 is 9.53 Å². The number of carbonyl (C=O) groups excluding carboxylic acids is 1. The van der Waals surface area contributed by atoms with E-state index in [0.717, 1.165) is 18.2 Å². The topological polar surface area (TPSA) is 38.3 Å². The first-order valence-corrected chi connectivity index (χ1v) is 6.29. The molecule has 1 amide bonds. The minimum atomic E-state index is 0.0445. The molecule has 0 spiro atoms. The maximum Gasteiger partial charge on any atom is 0.226 e. The van der Waals surface area contributed by atoms with Crippen LogP contribution in [-0.4, -0.2) is 30.0 Å². The quantitative estimate of drug-likeness (QED) is 0.785. The second-order valence-corrected chi connectivity index (χ2v) is 4.39. The molecule has 0 aliphatic carbocycles. The summed E-state index contributed by atoms with van der Waals surface area (Å²) >= 11 is 3.38. The van der Waals surface area contributed by atoms with E-state index in [9.17, 15) is 4.79 Å². The number of alkyl halides is 1. The van der Waals surface area contributed by atoms with Gasteiger partial charge < -0.3 is 10.1 Å². The van der Waals surface area contributed by atoms with Gasteiger partial charge in [0.25, 0.3) is 0 Å². The predicted molar refractivity (Wildman–Crippen MR) is 59.5 cm³/mol. The largest absolute Gasteiger partial charge is 0.378 e. The summed E-state index contributed by atoms with van der Waals surface area (Å²) in [5.41, 5.74) is 0. The third-order valence-electron chi connectivity index (χ3n) is 2.74. The van der Waals surface area contributed by atoms with Gasteiger partial charge in [-0.1, -0.05) is 22.9 Å². The maximum atomic E-state index is 11.8. The van der Waals surface area contributed by atoms with E-state index in [1.54, 1.807) is 0 Å². The molecule has 1 fully saturated rings. The number of hydrogen-bond donors (Lipinski definition) is 1. The average Bonchev–Trinajstić information content (AvgIpc) is 2.60. The number of nitrogens with one attached hydrogen (secondary N) is 1. The molecule has 4 heteroatoms. The molecule has 1 rings (SSSR count). The first-order valence-electron chi connectivity index (χ1n) is 5.17. The Morgan fingerprint density at radius 3 is 2.86 bits per heavy atom. The zero-order valence-corrected chi connectivity index (χ0v) is 10.3. The van der Waals surface area contributed by atoms with Crippen LogP contribution >= 0.6 is 15.9 Å². The molecule has 1 N–H and O–H groups in total. The smallest absolute Gasteiger partial charge is 0.226 e. The van der Waals surface area contributed by atoms with Crippen LogP contribution in [0.3, 0.4) is 0 Å². The van der Waals surface area contributed by atoms with Gasteiger partial charge >= 0.3 is 0 Å². The molecule has 1 aliphatic heterocycles. The van der Waals surface area contributed by atoms with Crippen molar-refractivity contribution in [3.8, 4) is 0 Å². The molecular formula is C10H18BrNO2. The van der Waals surface area contributed by atoms with Gasteiger partial charge in [-0.05, 0) is 19.8 Å². The Balaban J connectivity index is 2.40. The Morgan fingerprint density at radius 1 is 1.71 bits per heavy atom. The zero-order valence-electron chi connectivity index (χ0n) is 8.75. The molecular weight excluding hydrogens is 246 g/mol. The standard InChI is InChI=1S/C10H18BrNO2/c1-3-8(6-11)12-10(13)9-4-5-14-7(9)2/h7-9H,3-6H2,1-2H3,(H,12,13). The highest BCUT2D eigenvalue weighted by Crippen LogP contribution is 2.20. The number of carbonyl (C=O) groups is 1. The van der Waals surface area contributed by atoms with Gasteiger partial charge in [-0.25, -0.2) is 0 Å². The summed E-state index contributed by atoms with van der Waals surface area (Å²) in [5.74, 6) is 0.185. The summed E-state index contributed by atoms with van der Waals surface area (Å²) < 4.78 is 5.36. The fourth-order valence-electron chi connectivity index (χ4n) is 1.63. The minimum Gasteiger partial charge on any atom is -0.378 e. The molecule has 3 nitrogen and oxygen atoms in total. The zero-order chi connectivity index (χ0) is 10.6. The molecule has 82 valence electrons. The predicted octanol–water partition coefficient (Wildman–Crippen LogP) is 1.70. The van der Waals surface area contributed by atoms with Crippen molar-refractivity contribution in [2.45, 2.75) is 38.8 Å². The number of amides is 1. The van der Waals surface area contributed by atoms with Gasteiger partial charge in [0.15, 0.2) is 0 Å². The third-order valence-corrected chi connectivity index (χ3v) is 3.52. The first-order chi connectivity index (χ1) is 6.69. The van der Waals surface area contributed by atoms with Gasteiger partial charge in [0.2, 0.25) is 5.91 Å². The average molecular weight is 264 g/mol. The van der Waals surface area contributed by atoms with E-state index in [0.29, 0.717) is 6.61 Å². The van der Waals surface area contributed by atoms with Crippen molar-refractivity contribution in [3.05, 3.63) is 0 Å². The van der Waals surface area contributed by atoms with Crippen LogP contribution < -0.4 is 5.32 Å². The van der Waals surface area contributed by atoms with Crippen molar-refractivity contribution in [2.75, 3.05) is 11.9 Å². The second-order valence-electron chi connectivity index (χ2n) is 3.74. The fraction of sp³-hybridized carbons (Fsp3) is 0.900. The van der Waals surface area contributed by atoms with Crippen LogP contribution in [-0.2, 0) is 9.53 Å². The number of halogens is 1.